The molecule has 0 bridgehead atoms. The molecule has 0 radical (unpaired) electrons. The average Bonchev–Trinajstić information content (AvgIpc) is 2.94. The first kappa shape index (κ1) is 17.0. The van der Waals surface area contributed by atoms with Gasteiger partial charge in [-0.2, -0.15) is 0 Å². The highest BCUT2D eigenvalue weighted by molar-refractivity contribution is 5.96. The van der Waals surface area contributed by atoms with Gasteiger partial charge in [-0.25, -0.2) is 9.18 Å². The van der Waals surface area contributed by atoms with Crippen LogP contribution in [-0.4, -0.2) is 48.0 Å². The van der Waals surface area contributed by atoms with Crippen LogP contribution >= 0.6 is 0 Å². The lowest BCUT2D eigenvalue weighted by Gasteiger charge is -2.35. The minimum absolute atomic E-state index is 0.0573. The number of halogens is 1. The highest BCUT2D eigenvalue weighted by atomic mass is 19.1. The molecular weight excluding hydrogens is 341 g/mol. The molecule has 7 nitrogen and oxygen atoms in total. The van der Waals surface area contributed by atoms with Crippen molar-refractivity contribution in [3.8, 4) is 0 Å². The van der Waals surface area contributed by atoms with Crippen LogP contribution in [0.2, 0.25) is 0 Å². The molecule has 0 saturated carbocycles. The number of morpholine rings is 1. The summed E-state index contributed by atoms with van der Waals surface area (Å²) in [5, 5.41) is 9.41. The molecule has 0 spiro atoms. The van der Waals surface area contributed by atoms with Gasteiger partial charge in [-0.05, 0) is 19.4 Å². The van der Waals surface area contributed by atoms with Gasteiger partial charge in [0.2, 0.25) is 5.43 Å². The van der Waals surface area contributed by atoms with Crippen molar-refractivity contribution in [3.63, 3.8) is 0 Å². The second kappa shape index (κ2) is 6.07. The molecule has 1 saturated heterocycles. The third-order valence-electron chi connectivity index (χ3n) is 5.26. The number of nitrogens with zero attached hydrogens (tertiary/aromatic N) is 2. The highest BCUT2D eigenvalue weighted by Gasteiger charge is 2.32. The molecule has 8 heteroatoms. The summed E-state index contributed by atoms with van der Waals surface area (Å²) >= 11 is 0. The monoisotopic (exact) mass is 361 g/mol. The Morgan fingerprint density at radius 2 is 2.27 bits per heavy atom. The van der Waals surface area contributed by atoms with Crippen LogP contribution in [0.4, 0.5) is 10.1 Å². The van der Waals surface area contributed by atoms with Gasteiger partial charge in [0.05, 0.1) is 23.9 Å². The summed E-state index contributed by atoms with van der Waals surface area (Å²) in [6.07, 6.45) is 1.75. The van der Waals surface area contributed by atoms with Crippen molar-refractivity contribution in [2.75, 3.05) is 31.1 Å². The lowest BCUT2D eigenvalue weighted by molar-refractivity contribution is 0.0463. The Morgan fingerprint density at radius 1 is 1.50 bits per heavy atom. The maximum absolute atomic E-state index is 15.0. The molecule has 2 aromatic rings. The van der Waals surface area contributed by atoms with E-state index in [2.05, 4.69) is 0 Å². The third-order valence-corrected chi connectivity index (χ3v) is 5.26. The van der Waals surface area contributed by atoms with Gasteiger partial charge in [0.25, 0.3) is 0 Å². The molecule has 26 heavy (non-hydrogen) atoms. The van der Waals surface area contributed by atoms with Crippen LogP contribution in [0.5, 0.6) is 0 Å². The number of aromatic carboxylic acids is 1. The fourth-order valence-electron chi connectivity index (χ4n) is 4.05. The van der Waals surface area contributed by atoms with E-state index in [9.17, 15) is 14.7 Å². The van der Waals surface area contributed by atoms with Gasteiger partial charge in [-0.15, -0.1) is 0 Å². The van der Waals surface area contributed by atoms with E-state index in [4.69, 9.17) is 10.5 Å². The molecule has 3 heterocycles. The molecule has 0 amide bonds. The van der Waals surface area contributed by atoms with Gasteiger partial charge in [-0.1, -0.05) is 0 Å². The van der Waals surface area contributed by atoms with Crippen LogP contribution in [0, 0.1) is 5.82 Å². The average molecular weight is 361 g/mol. The Hall–Kier alpha value is -2.45. The van der Waals surface area contributed by atoms with E-state index in [0.717, 1.165) is 5.56 Å². The van der Waals surface area contributed by atoms with E-state index in [0.29, 0.717) is 43.9 Å². The predicted molar refractivity (Wildman–Crippen MR) is 94.5 cm³/mol. The van der Waals surface area contributed by atoms with E-state index < -0.39 is 17.2 Å². The number of benzene rings is 1. The number of hydrogen-bond acceptors (Lipinski definition) is 5. The number of anilines is 1. The van der Waals surface area contributed by atoms with E-state index in [-0.39, 0.29) is 23.1 Å². The summed E-state index contributed by atoms with van der Waals surface area (Å²) in [4.78, 5) is 25.8. The van der Waals surface area contributed by atoms with E-state index >= 15 is 4.39 Å². The zero-order chi connectivity index (χ0) is 18.6. The number of aromatic nitrogens is 1. The lowest BCUT2D eigenvalue weighted by atomic mass is 10.0. The van der Waals surface area contributed by atoms with Crippen molar-refractivity contribution in [1.82, 2.24) is 4.57 Å². The van der Waals surface area contributed by atoms with Gasteiger partial charge >= 0.3 is 5.97 Å². The molecule has 0 aliphatic carbocycles. The van der Waals surface area contributed by atoms with Crippen LogP contribution in [0.3, 0.4) is 0 Å². The van der Waals surface area contributed by atoms with Gasteiger partial charge in [-0.3, -0.25) is 4.79 Å². The molecule has 1 aromatic heterocycles. The summed E-state index contributed by atoms with van der Waals surface area (Å²) in [7, 11) is 0. The first-order chi connectivity index (χ1) is 12.4. The molecule has 3 N–H and O–H groups in total. The Morgan fingerprint density at radius 3 is 2.96 bits per heavy atom. The number of hydrogen-bond donors (Lipinski definition) is 2. The zero-order valence-corrected chi connectivity index (χ0v) is 14.4. The summed E-state index contributed by atoms with van der Waals surface area (Å²) in [6, 6.07) is 1.11. The number of rotatable bonds is 3. The molecule has 1 unspecified atom stereocenters. The highest BCUT2D eigenvalue weighted by Crippen LogP contribution is 2.39. The normalized spacial score (nSPS) is 22.2. The van der Waals surface area contributed by atoms with Gasteiger partial charge < -0.3 is 25.0 Å². The van der Waals surface area contributed by atoms with Crippen LogP contribution in [0.1, 0.15) is 28.9 Å². The SMILES string of the molecule is C[C@H]1Cc2c(N3CCOC(CN)C3)c(F)cc3c(=O)c(C(=O)O)cn1c23. The molecule has 2 aliphatic heterocycles. The van der Waals surface area contributed by atoms with Crippen LogP contribution in [0.15, 0.2) is 17.1 Å². The maximum Gasteiger partial charge on any atom is 0.341 e. The fraction of sp³-hybridized carbons (Fsp3) is 0.444. The van der Waals surface area contributed by atoms with Crippen molar-refractivity contribution in [2.45, 2.75) is 25.5 Å². The Labute approximate surface area is 148 Å². The molecular formula is C18H20FN3O4. The smallest absolute Gasteiger partial charge is 0.341 e. The quantitative estimate of drug-likeness (QED) is 0.850. The van der Waals surface area contributed by atoms with Crippen LogP contribution in [0.25, 0.3) is 10.9 Å². The largest absolute Gasteiger partial charge is 0.477 e. The minimum Gasteiger partial charge on any atom is -0.477 e. The fourth-order valence-corrected chi connectivity index (χ4v) is 4.05. The number of carbonyl (C=O) groups is 1. The van der Waals surface area contributed by atoms with E-state index in [1.54, 1.807) is 4.57 Å². The molecule has 138 valence electrons. The Kier molecular flexibility index (Phi) is 3.96. The van der Waals surface area contributed by atoms with Gasteiger partial charge in [0.15, 0.2) is 0 Å². The number of carboxylic acid groups (broad SMARTS) is 1. The van der Waals surface area contributed by atoms with E-state index in [1.807, 2.05) is 11.8 Å². The number of carboxylic acids is 1. The summed E-state index contributed by atoms with van der Waals surface area (Å²) in [6.45, 7) is 3.76. The zero-order valence-electron chi connectivity index (χ0n) is 14.4. The Balaban J connectivity index is 1.96. The molecule has 2 aliphatic rings. The Bertz CT molecular complexity index is 971. The predicted octanol–water partition coefficient (Wildman–Crippen LogP) is 1.12. The van der Waals surface area contributed by atoms with E-state index in [1.165, 1.54) is 12.3 Å². The molecule has 4 rings (SSSR count). The van der Waals surface area contributed by atoms with Crippen LogP contribution < -0.4 is 16.1 Å². The standard InChI is InChI=1S/C18H20FN3O4/c1-9-4-11-15-12(17(23)13(18(24)25)8-22(9)15)5-14(19)16(11)21-2-3-26-10(6-20)7-21/h5,8-10H,2-4,6-7,20H2,1H3,(H,24,25)/t9-,10?/m0/s1. The first-order valence-electron chi connectivity index (χ1n) is 8.62. The van der Waals surface area contributed by atoms with Crippen molar-refractivity contribution in [3.05, 3.63) is 39.4 Å². The minimum atomic E-state index is -1.30. The molecule has 2 atom stereocenters. The molecule has 1 fully saturated rings. The number of pyridine rings is 1. The number of nitrogens with two attached hydrogens (primary N) is 1. The summed E-state index contributed by atoms with van der Waals surface area (Å²) < 4.78 is 22.4. The van der Waals surface area contributed by atoms with Crippen molar-refractivity contribution >= 4 is 22.6 Å². The van der Waals surface area contributed by atoms with Crippen molar-refractivity contribution in [2.24, 2.45) is 5.73 Å². The lowest BCUT2D eigenvalue weighted by Crippen LogP contribution is -2.46. The second-order valence-corrected chi connectivity index (χ2v) is 6.89. The topological polar surface area (TPSA) is 97.8 Å². The van der Waals surface area contributed by atoms with Gasteiger partial charge in [0, 0.05) is 42.8 Å². The first-order valence-corrected chi connectivity index (χ1v) is 8.62. The summed E-state index contributed by atoms with van der Waals surface area (Å²) in [5.74, 6) is -1.81. The maximum atomic E-state index is 15.0. The van der Waals surface area contributed by atoms with Crippen molar-refractivity contribution in [1.29, 1.82) is 0 Å². The molecule has 1 aromatic carbocycles. The summed E-state index contributed by atoms with van der Waals surface area (Å²) in [5.41, 5.74) is 6.56. The number of ether oxygens (including phenoxy) is 1. The second-order valence-electron chi connectivity index (χ2n) is 6.89. The third kappa shape index (κ3) is 2.40. The van der Waals surface area contributed by atoms with Gasteiger partial charge in [0.1, 0.15) is 11.4 Å². The van der Waals surface area contributed by atoms with Crippen LogP contribution in [-0.2, 0) is 11.2 Å². The van der Waals surface area contributed by atoms with Crippen molar-refractivity contribution < 1.29 is 19.0 Å².